The van der Waals surface area contributed by atoms with Gasteiger partial charge >= 0.3 is 5.97 Å². The first-order chi connectivity index (χ1) is 24.8. The summed E-state index contributed by atoms with van der Waals surface area (Å²) < 4.78 is 26.1. The Kier molecular flexibility index (Phi) is 14.9. The molecule has 1 amide bonds. The molecule has 0 spiro atoms. The molecular weight excluding hydrogens is 808 g/mol. The number of carbonyl (C=O) groups is 2. The topological polar surface area (TPSA) is 117 Å². The number of allylic oxidation sites excluding steroid dienone is 1. The van der Waals surface area contributed by atoms with Crippen LogP contribution in [-0.4, -0.2) is 63.7 Å². The highest BCUT2D eigenvalue weighted by Gasteiger charge is 2.60. The molecule has 13 heteroatoms. The minimum Gasteiger partial charge on any atom is -0.488 e. The smallest absolute Gasteiger partial charge is 0.360 e. The Labute approximate surface area is 324 Å². The predicted octanol–water partition coefficient (Wildman–Crippen LogP) is 9.45. The van der Waals surface area contributed by atoms with Crippen LogP contribution in [0.4, 0.5) is 5.69 Å². The second kappa shape index (κ2) is 18.5. The van der Waals surface area contributed by atoms with E-state index in [1.165, 1.54) is 29.8 Å². The van der Waals surface area contributed by atoms with E-state index in [0.717, 1.165) is 58.6 Å². The van der Waals surface area contributed by atoms with E-state index in [0.29, 0.717) is 5.57 Å². The third kappa shape index (κ3) is 9.08. The van der Waals surface area contributed by atoms with Crippen molar-refractivity contribution >= 4 is 56.8 Å². The zero-order valence-corrected chi connectivity index (χ0v) is 36.1. The maximum absolute atomic E-state index is 13.8. The van der Waals surface area contributed by atoms with Crippen LogP contribution in [0.15, 0.2) is 65.9 Å². The number of β-lactam (4-membered cyclic amide) rings is 1. The van der Waals surface area contributed by atoms with E-state index in [1.54, 1.807) is 4.90 Å². The van der Waals surface area contributed by atoms with Crippen LogP contribution >= 0.6 is 22.6 Å². The second-order valence-corrected chi connectivity index (χ2v) is 24.5. The number of ether oxygens (including phenoxy) is 2. The number of fused-ring (bicyclic) bond motifs is 1. The van der Waals surface area contributed by atoms with Gasteiger partial charge in [-0.3, -0.25) is 14.9 Å². The van der Waals surface area contributed by atoms with E-state index >= 15 is 0 Å². The second-order valence-electron chi connectivity index (χ2n) is 13.8. The van der Waals surface area contributed by atoms with Crippen LogP contribution in [-0.2, 0) is 24.9 Å². The van der Waals surface area contributed by atoms with Crippen LogP contribution in [0.1, 0.15) is 61.0 Å². The number of halogens is 1. The molecule has 2 aromatic carbocycles. The van der Waals surface area contributed by atoms with Gasteiger partial charge in [0, 0.05) is 24.7 Å². The van der Waals surface area contributed by atoms with E-state index in [-0.39, 0.29) is 53.6 Å². The van der Waals surface area contributed by atoms with Gasteiger partial charge in [0.25, 0.3) is 5.69 Å². The van der Waals surface area contributed by atoms with Crippen molar-refractivity contribution in [2.24, 2.45) is 11.8 Å². The van der Waals surface area contributed by atoms with Crippen molar-refractivity contribution in [2.45, 2.75) is 110 Å². The first-order valence-corrected chi connectivity index (χ1v) is 24.9. The summed E-state index contributed by atoms with van der Waals surface area (Å²) >= 11 is 2.30. The Morgan fingerprint density at radius 1 is 0.981 bits per heavy atom. The van der Waals surface area contributed by atoms with Crippen molar-refractivity contribution in [1.82, 2.24) is 4.90 Å². The lowest BCUT2D eigenvalue weighted by Gasteiger charge is -2.49. The summed E-state index contributed by atoms with van der Waals surface area (Å²) in [5.41, 5.74) is 1.97. The SMILES string of the molecule is CC[Si](CC)(CC)OCCc1ccc(OC/C=C/C2=C(C(=O)Oc3ccc([N+](=O)[O-])cc3)N3C(=O)[C@H]([C@@H](C)O[Si](CC)(CC)CC)[C@H]3[C@H]2C)c(I)c1. The van der Waals surface area contributed by atoms with Crippen LogP contribution in [0, 0.1) is 25.5 Å². The fourth-order valence-electron chi connectivity index (χ4n) is 7.62. The molecule has 0 bridgehead atoms. The van der Waals surface area contributed by atoms with E-state index in [4.69, 9.17) is 18.3 Å². The summed E-state index contributed by atoms with van der Waals surface area (Å²) in [4.78, 5) is 39.8. The molecule has 0 unspecified atom stereocenters. The molecule has 0 aromatic heterocycles. The molecule has 4 rings (SSSR count). The number of esters is 1. The van der Waals surface area contributed by atoms with Gasteiger partial charge in [0.2, 0.25) is 5.91 Å². The van der Waals surface area contributed by atoms with Gasteiger partial charge in [0.1, 0.15) is 23.8 Å². The Balaban J connectivity index is 1.51. The van der Waals surface area contributed by atoms with E-state index in [1.807, 2.05) is 32.1 Å². The largest absolute Gasteiger partial charge is 0.488 e. The van der Waals surface area contributed by atoms with Gasteiger partial charge in [-0.25, -0.2) is 4.79 Å². The third-order valence-electron chi connectivity index (χ3n) is 11.4. The summed E-state index contributed by atoms with van der Waals surface area (Å²) in [5.74, 6) is -0.467. The van der Waals surface area contributed by atoms with E-state index in [2.05, 4.69) is 76.3 Å². The molecule has 0 N–H and O–H groups in total. The molecule has 1 saturated heterocycles. The molecule has 284 valence electrons. The number of nitro benzene ring substituents is 1. The average molecular weight is 863 g/mol. The van der Waals surface area contributed by atoms with Crippen LogP contribution in [0.2, 0.25) is 36.3 Å². The molecule has 2 aliphatic rings. The van der Waals surface area contributed by atoms with Crippen LogP contribution in [0.25, 0.3) is 0 Å². The third-order valence-corrected chi connectivity index (χ3v) is 21.7. The molecule has 52 heavy (non-hydrogen) atoms. The Bertz CT molecular complexity index is 1620. The number of amides is 1. The maximum Gasteiger partial charge on any atom is 0.360 e. The van der Waals surface area contributed by atoms with Gasteiger partial charge < -0.3 is 23.2 Å². The number of rotatable bonds is 20. The number of carbonyl (C=O) groups excluding carboxylic acids is 2. The van der Waals surface area contributed by atoms with Gasteiger partial charge in [0.05, 0.1) is 26.6 Å². The summed E-state index contributed by atoms with van der Waals surface area (Å²) in [6, 6.07) is 17.6. The zero-order chi connectivity index (χ0) is 38.2. The van der Waals surface area contributed by atoms with Gasteiger partial charge in [-0.15, -0.1) is 0 Å². The Hall–Kier alpha value is -2.86. The van der Waals surface area contributed by atoms with Crippen LogP contribution in [0.3, 0.4) is 0 Å². The Morgan fingerprint density at radius 3 is 2.15 bits per heavy atom. The highest BCUT2D eigenvalue weighted by molar-refractivity contribution is 14.1. The monoisotopic (exact) mass is 862 g/mol. The Morgan fingerprint density at radius 2 is 1.60 bits per heavy atom. The minimum atomic E-state index is -1.99. The molecule has 10 nitrogen and oxygen atoms in total. The molecule has 2 aromatic rings. The molecule has 4 atom stereocenters. The average Bonchev–Trinajstić information content (AvgIpc) is 3.39. The number of non-ortho nitro benzene ring substituents is 1. The van der Waals surface area contributed by atoms with Gasteiger partial charge in [-0.2, -0.15) is 0 Å². The number of hydrogen-bond acceptors (Lipinski definition) is 8. The molecule has 2 aliphatic heterocycles. The number of nitrogens with zero attached hydrogens (tertiary/aromatic N) is 2. The molecule has 0 saturated carbocycles. The molecule has 0 radical (unpaired) electrons. The van der Waals surface area contributed by atoms with Gasteiger partial charge in [-0.05, 0) is 114 Å². The summed E-state index contributed by atoms with van der Waals surface area (Å²) in [7, 11) is -3.61. The summed E-state index contributed by atoms with van der Waals surface area (Å²) in [6.45, 7) is 18.2. The fourth-order valence-corrected chi connectivity index (χ4v) is 13.9. The van der Waals surface area contributed by atoms with E-state index in [9.17, 15) is 19.7 Å². The predicted molar refractivity (Wildman–Crippen MR) is 217 cm³/mol. The normalized spacial score (nSPS) is 19.5. The van der Waals surface area contributed by atoms with E-state index < -0.39 is 27.5 Å². The van der Waals surface area contributed by atoms with Gasteiger partial charge in [0.15, 0.2) is 16.6 Å². The lowest BCUT2D eigenvalue weighted by molar-refractivity contribution is -0.384. The first kappa shape index (κ1) is 41.9. The van der Waals surface area contributed by atoms with Crippen LogP contribution in [0.5, 0.6) is 11.5 Å². The van der Waals surface area contributed by atoms with Crippen molar-refractivity contribution < 1.29 is 32.8 Å². The number of hydrogen-bond donors (Lipinski definition) is 0. The van der Waals surface area contributed by atoms with Gasteiger partial charge in [-0.1, -0.05) is 60.6 Å². The number of nitro groups is 1. The van der Waals surface area contributed by atoms with Crippen molar-refractivity contribution in [3.05, 3.63) is 85.1 Å². The molecule has 0 aliphatic carbocycles. The van der Waals surface area contributed by atoms with Crippen LogP contribution < -0.4 is 9.47 Å². The zero-order valence-electron chi connectivity index (χ0n) is 31.9. The fraction of sp³-hybridized carbons (Fsp3) is 0.538. The standard InChI is InChI=1S/C39H55IN2O8Si2/c1-9-51(10-2,11-3)48-25-23-29-17-22-34(33(40)26-29)47-24-15-16-32-27(7)36-35(28(8)50-52(12-4,13-5)14-6)38(43)41(36)37(32)39(44)49-31-20-18-30(19-21-31)42(45)46/h15-22,26-28,35-36H,9-14,23-25H2,1-8H3/b16-15+/t27-,28+,35+,36+/m0/s1. The molecule has 2 heterocycles. The number of benzene rings is 2. The molecular formula is C39H55IN2O8Si2. The highest BCUT2D eigenvalue weighted by atomic mass is 127. The lowest BCUT2D eigenvalue weighted by atomic mass is 9.77. The van der Waals surface area contributed by atoms with Crippen molar-refractivity contribution in [3.63, 3.8) is 0 Å². The molecule has 1 fully saturated rings. The lowest BCUT2D eigenvalue weighted by Crippen LogP contribution is -2.65. The van der Waals surface area contributed by atoms with Crippen molar-refractivity contribution in [3.8, 4) is 11.5 Å². The maximum atomic E-state index is 13.8. The highest BCUT2D eigenvalue weighted by Crippen LogP contribution is 2.49. The van der Waals surface area contributed by atoms with Crippen molar-refractivity contribution in [1.29, 1.82) is 0 Å². The van der Waals surface area contributed by atoms with Crippen molar-refractivity contribution in [2.75, 3.05) is 13.2 Å². The quantitative estimate of drug-likeness (QED) is 0.0246. The minimum absolute atomic E-state index is 0.111. The summed E-state index contributed by atoms with van der Waals surface area (Å²) in [6.07, 6.45) is 4.29. The summed E-state index contributed by atoms with van der Waals surface area (Å²) in [5, 5.41) is 11.1. The first-order valence-electron chi connectivity index (χ1n) is 18.8.